The molecule has 0 spiro atoms. The molecule has 0 aliphatic carbocycles. The van der Waals surface area contributed by atoms with Crippen LogP contribution in [0, 0.1) is 0 Å². The SMILES string of the molecule is CC(C)(C(=O)NCCCC(N)=O)c1ccc(Cl)cc1. The van der Waals surface area contributed by atoms with Gasteiger partial charge in [-0.1, -0.05) is 23.7 Å². The number of carbonyl (C=O) groups excluding carboxylic acids is 2. The molecular weight excluding hydrogens is 264 g/mol. The van der Waals surface area contributed by atoms with E-state index < -0.39 is 5.41 Å². The lowest BCUT2D eigenvalue weighted by atomic mass is 9.84. The smallest absolute Gasteiger partial charge is 0.230 e. The fourth-order valence-electron chi connectivity index (χ4n) is 1.68. The van der Waals surface area contributed by atoms with E-state index in [1.807, 2.05) is 26.0 Å². The van der Waals surface area contributed by atoms with E-state index in [0.29, 0.717) is 18.0 Å². The Morgan fingerprint density at radius 2 is 1.84 bits per heavy atom. The van der Waals surface area contributed by atoms with Crippen LogP contribution in [0.2, 0.25) is 5.02 Å². The maximum atomic E-state index is 12.1. The van der Waals surface area contributed by atoms with Crippen molar-refractivity contribution >= 4 is 23.4 Å². The highest BCUT2D eigenvalue weighted by molar-refractivity contribution is 6.30. The molecule has 3 N–H and O–H groups in total. The van der Waals surface area contributed by atoms with Gasteiger partial charge in [-0.25, -0.2) is 0 Å². The Bertz CT molecular complexity index is 455. The largest absolute Gasteiger partial charge is 0.370 e. The summed E-state index contributed by atoms with van der Waals surface area (Å²) in [6.07, 6.45) is 0.833. The summed E-state index contributed by atoms with van der Waals surface area (Å²) in [4.78, 5) is 22.7. The van der Waals surface area contributed by atoms with E-state index >= 15 is 0 Å². The Kier molecular flexibility index (Phi) is 5.36. The monoisotopic (exact) mass is 282 g/mol. The Labute approximate surface area is 118 Å². The molecule has 104 valence electrons. The Balaban J connectivity index is 2.58. The molecule has 0 aromatic heterocycles. The Morgan fingerprint density at radius 1 is 1.26 bits per heavy atom. The molecule has 2 amide bonds. The minimum Gasteiger partial charge on any atom is -0.370 e. The topological polar surface area (TPSA) is 72.2 Å². The summed E-state index contributed by atoms with van der Waals surface area (Å²) in [6, 6.07) is 7.20. The van der Waals surface area contributed by atoms with Gasteiger partial charge in [0.1, 0.15) is 0 Å². The summed E-state index contributed by atoms with van der Waals surface area (Å²) in [6.45, 7) is 4.14. The van der Waals surface area contributed by atoms with Crippen LogP contribution in [0.3, 0.4) is 0 Å². The number of nitrogens with one attached hydrogen (secondary N) is 1. The molecule has 0 aliphatic heterocycles. The molecule has 0 atom stereocenters. The molecule has 0 saturated heterocycles. The van der Waals surface area contributed by atoms with E-state index in [4.69, 9.17) is 17.3 Å². The molecule has 1 aromatic carbocycles. The molecule has 0 heterocycles. The number of amides is 2. The number of hydrogen-bond acceptors (Lipinski definition) is 2. The predicted molar refractivity (Wildman–Crippen MR) is 75.9 cm³/mol. The van der Waals surface area contributed by atoms with Gasteiger partial charge in [0.05, 0.1) is 5.41 Å². The van der Waals surface area contributed by atoms with E-state index in [0.717, 1.165) is 5.56 Å². The summed E-state index contributed by atoms with van der Waals surface area (Å²) < 4.78 is 0. The predicted octanol–water partition coefficient (Wildman–Crippen LogP) is 2.00. The number of carbonyl (C=O) groups is 2. The molecule has 0 bridgehead atoms. The van der Waals surface area contributed by atoms with Crippen LogP contribution in [0.25, 0.3) is 0 Å². The van der Waals surface area contributed by atoms with Gasteiger partial charge >= 0.3 is 0 Å². The molecule has 19 heavy (non-hydrogen) atoms. The normalized spacial score (nSPS) is 11.1. The first-order valence-electron chi connectivity index (χ1n) is 6.16. The highest BCUT2D eigenvalue weighted by atomic mass is 35.5. The van der Waals surface area contributed by atoms with Crippen molar-refractivity contribution in [2.45, 2.75) is 32.1 Å². The number of benzene rings is 1. The molecule has 5 heteroatoms. The van der Waals surface area contributed by atoms with Crippen molar-refractivity contribution in [3.05, 3.63) is 34.9 Å². The van der Waals surface area contributed by atoms with Crippen LogP contribution >= 0.6 is 11.6 Å². The molecule has 4 nitrogen and oxygen atoms in total. The Hall–Kier alpha value is -1.55. The first-order chi connectivity index (χ1) is 8.84. The summed E-state index contributed by atoms with van der Waals surface area (Å²) >= 11 is 5.83. The van der Waals surface area contributed by atoms with E-state index in [1.165, 1.54) is 0 Å². The average Bonchev–Trinajstić information content (AvgIpc) is 2.34. The third-order valence-corrected chi connectivity index (χ3v) is 3.27. The van der Waals surface area contributed by atoms with Crippen molar-refractivity contribution in [3.8, 4) is 0 Å². The summed E-state index contributed by atoms with van der Waals surface area (Å²) in [5.41, 5.74) is 5.29. The second kappa shape index (κ2) is 6.57. The number of nitrogens with two attached hydrogens (primary N) is 1. The molecule has 0 radical (unpaired) electrons. The van der Waals surface area contributed by atoms with E-state index in [9.17, 15) is 9.59 Å². The standard InChI is InChI=1S/C14H19ClN2O2/c1-14(2,10-5-7-11(15)8-6-10)13(19)17-9-3-4-12(16)18/h5-8H,3-4,9H2,1-2H3,(H2,16,18)(H,17,19). The van der Waals surface area contributed by atoms with Gasteiger partial charge in [-0.3, -0.25) is 9.59 Å². The highest BCUT2D eigenvalue weighted by Gasteiger charge is 2.29. The zero-order chi connectivity index (χ0) is 14.5. The van der Waals surface area contributed by atoms with Crippen molar-refractivity contribution in [1.29, 1.82) is 0 Å². The van der Waals surface area contributed by atoms with Crippen molar-refractivity contribution in [3.63, 3.8) is 0 Å². The van der Waals surface area contributed by atoms with Gasteiger partial charge in [0.2, 0.25) is 11.8 Å². The van der Waals surface area contributed by atoms with Crippen molar-refractivity contribution in [2.24, 2.45) is 5.73 Å². The zero-order valence-corrected chi connectivity index (χ0v) is 12.0. The number of primary amides is 1. The summed E-state index contributed by atoms with van der Waals surface area (Å²) in [5, 5.41) is 3.45. The lowest BCUT2D eigenvalue weighted by Gasteiger charge is -2.24. The van der Waals surface area contributed by atoms with Gasteiger partial charge < -0.3 is 11.1 Å². The number of hydrogen-bond donors (Lipinski definition) is 2. The fourth-order valence-corrected chi connectivity index (χ4v) is 1.81. The molecular formula is C14H19ClN2O2. The van der Waals surface area contributed by atoms with Gasteiger partial charge in [0.15, 0.2) is 0 Å². The summed E-state index contributed by atoms with van der Waals surface area (Å²) in [7, 11) is 0. The van der Waals surface area contributed by atoms with Crippen LogP contribution in [-0.2, 0) is 15.0 Å². The van der Waals surface area contributed by atoms with Crippen molar-refractivity contribution < 1.29 is 9.59 Å². The third kappa shape index (κ3) is 4.56. The third-order valence-electron chi connectivity index (χ3n) is 3.02. The Morgan fingerprint density at radius 3 is 2.37 bits per heavy atom. The van der Waals surface area contributed by atoms with Gasteiger partial charge in [0.25, 0.3) is 0 Å². The zero-order valence-electron chi connectivity index (χ0n) is 11.2. The maximum absolute atomic E-state index is 12.1. The summed E-state index contributed by atoms with van der Waals surface area (Å²) in [5.74, 6) is -0.439. The van der Waals surface area contributed by atoms with Crippen molar-refractivity contribution in [2.75, 3.05) is 6.54 Å². The van der Waals surface area contributed by atoms with E-state index in [-0.39, 0.29) is 18.2 Å². The lowest BCUT2D eigenvalue weighted by Crippen LogP contribution is -2.40. The minimum absolute atomic E-state index is 0.0840. The van der Waals surface area contributed by atoms with Crippen LogP contribution < -0.4 is 11.1 Å². The maximum Gasteiger partial charge on any atom is 0.230 e. The van der Waals surface area contributed by atoms with E-state index in [2.05, 4.69) is 5.32 Å². The van der Waals surface area contributed by atoms with Crippen LogP contribution in [0.5, 0.6) is 0 Å². The average molecular weight is 283 g/mol. The van der Waals surface area contributed by atoms with Gasteiger partial charge in [-0.05, 0) is 38.0 Å². The number of rotatable bonds is 6. The molecule has 0 aliphatic rings. The van der Waals surface area contributed by atoms with Gasteiger partial charge in [-0.2, -0.15) is 0 Å². The first-order valence-corrected chi connectivity index (χ1v) is 6.54. The van der Waals surface area contributed by atoms with Crippen LogP contribution in [0.15, 0.2) is 24.3 Å². The van der Waals surface area contributed by atoms with Crippen LogP contribution in [0.4, 0.5) is 0 Å². The highest BCUT2D eigenvalue weighted by Crippen LogP contribution is 2.24. The van der Waals surface area contributed by atoms with Crippen LogP contribution in [0.1, 0.15) is 32.3 Å². The molecule has 1 rings (SSSR count). The quantitative estimate of drug-likeness (QED) is 0.783. The molecule has 0 unspecified atom stereocenters. The van der Waals surface area contributed by atoms with E-state index in [1.54, 1.807) is 12.1 Å². The number of halogens is 1. The second-order valence-corrected chi connectivity index (χ2v) is 5.39. The van der Waals surface area contributed by atoms with Crippen LogP contribution in [-0.4, -0.2) is 18.4 Å². The molecule has 1 aromatic rings. The lowest BCUT2D eigenvalue weighted by molar-refractivity contribution is -0.126. The van der Waals surface area contributed by atoms with Gasteiger partial charge in [0, 0.05) is 18.0 Å². The van der Waals surface area contributed by atoms with Gasteiger partial charge in [-0.15, -0.1) is 0 Å². The molecule has 0 saturated carbocycles. The second-order valence-electron chi connectivity index (χ2n) is 4.96. The molecule has 0 fully saturated rings. The first kappa shape index (κ1) is 15.5. The van der Waals surface area contributed by atoms with Crippen molar-refractivity contribution in [1.82, 2.24) is 5.32 Å². The fraction of sp³-hybridized carbons (Fsp3) is 0.429. The minimum atomic E-state index is -0.642.